The SMILES string of the molecule is CC(C)CC(NC(=O)C(Cc1c[nH]c2ccccc12)NC(=O)C(N)CS)C(=O)NC(CO)C(=O)O. The number of aliphatic hydroxyl groups excluding tert-OH is 1. The van der Waals surface area contributed by atoms with Gasteiger partial charge in [-0.2, -0.15) is 12.6 Å². The Morgan fingerprint density at radius 1 is 1.00 bits per heavy atom. The number of carbonyl (C=O) groups is 4. The third-order valence-electron chi connectivity index (χ3n) is 5.40. The van der Waals surface area contributed by atoms with Crippen molar-refractivity contribution in [1.29, 1.82) is 0 Å². The van der Waals surface area contributed by atoms with Crippen LogP contribution in [0.25, 0.3) is 10.9 Å². The maximum atomic E-state index is 13.3. The van der Waals surface area contributed by atoms with Gasteiger partial charge in [-0.15, -0.1) is 0 Å². The molecule has 35 heavy (non-hydrogen) atoms. The second kappa shape index (κ2) is 13.1. The number of carboxylic acids is 1. The van der Waals surface area contributed by atoms with Crippen molar-refractivity contribution in [2.45, 2.75) is 50.9 Å². The maximum absolute atomic E-state index is 13.3. The molecular formula is C23H33N5O6S. The van der Waals surface area contributed by atoms with Crippen LogP contribution in [0.4, 0.5) is 0 Å². The highest BCUT2D eigenvalue weighted by Gasteiger charge is 2.31. The molecule has 0 bridgehead atoms. The molecule has 1 heterocycles. The van der Waals surface area contributed by atoms with Gasteiger partial charge in [-0.3, -0.25) is 14.4 Å². The predicted octanol–water partition coefficient (Wildman–Crippen LogP) is -0.455. The molecule has 0 spiro atoms. The molecule has 0 saturated carbocycles. The minimum absolute atomic E-state index is 0.0253. The van der Waals surface area contributed by atoms with Gasteiger partial charge in [0.15, 0.2) is 0 Å². The number of amides is 3. The van der Waals surface area contributed by atoms with Crippen molar-refractivity contribution in [3.05, 3.63) is 36.0 Å². The Bertz CT molecular complexity index is 1040. The maximum Gasteiger partial charge on any atom is 0.328 e. The summed E-state index contributed by atoms with van der Waals surface area (Å²) in [5.41, 5.74) is 7.41. The first-order chi connectivity index (χ1) is 16.6. The monoisotopic (exact) mass is 507 g/mol. The van der Waals surface area contributed by atoms with Crippen LogP contribution in [0.15, 0.2) is 30.5 Å². The van der Waals surface area contributed by atoms with Crippen molar-refractivity contribution in [2.75, 3.05) is 12.4 Å². The third-order valence-corrected chi connectivity index (χ3v) is 5.80. The van der Waals surface area contributed by atoms with Gasteiger partial charge in [0.25, 0.3) is 0 Å². The molecular weight excluding hydrogens is 474 g/mol. The minimum atomic E-state index is -1.51. The van der Waals surface area contributed by atoms with E-state index in [-0.39, 0.29) is 24.5 Å². The summed E-state index contributed by atoms with van der Waals surface area (Å²) in [6.07, 6.45) is 2.07. The van der Waals surface area contributed by atoms with Crippen LogP contribution < -0.4 is 21.7 Å². The zero-order valence-corrected chi connectivity index (χ0v) is 20.5. The van der Waals surface area contributed by atoms with Crippen molar-refractivity contribution in [3.63, 3.8) is 0 Å². The van der Waals surface area contributed by atoms with Crippen LogP contribution in [-0.4, -0.2) is 75.4 Å². The van der Waals surface area contributed by atoms with Gasteiger partial charge in [0, 0.05) is 29.3 Å². The van der Waals surface area contributed by atoms with E-state index in [2.05, 4.69) is 33.6 Å². The van der Waals surface area contributed by atoms with Crippen molar-refractivity contribution in [2.24, 2.45) is 11.7 Å². The van der Waals surface area contributed by atoms with Gasteiger partial charge in [-0.1, -0.05) is 32.0 Å². The van der Waals surface area contributed by atoms with Crippen molar-refractivity contribution in [3.8, 4) is 0 Å². The largest absolute Gasteiger partial charge is 0.480 e. The first-order valence-electron chi connectivity index (χ1n) is 11.2. The molecule has 0 aliphatic carbocycles. The van der Waals surface area contributed by atoms with Crippen LogP contribution in [0.2, 0.25) is 0 Å². The van der Waals surface area contributed by atoms with Gasteiger partial charge < -0.3 is 36.9 Å². The highest BCUT2D eigenvalue weighted by Crippen LogP contribution is 2.19. The molecule has 2 aromatic rings. The van der Waals surface area contributed by atoms with E-state index in [1.807, 2.05) is 38.1 Å². The Morgan fingerprint density at radius 3 is 2.20 bits per heavy atom. The lowest BCUT2D eigenvalue weighted by molar-refractivity contribution is -0.143. The lowest BCUT2D eigenvalue weighted by Crippen LogP contribution is -2.58. The van der Waals surface area contributed by atoms with E-state index >= 15 is 0 Å². The predicted molar refractivity (Wildman–Crippen MR) is 134 cm³/mol. The lowest BCUT2D eigenvalue weighted by atomic mass is 10.0. The Hall–Kier alpha value is -3.09. The Labute approximate surface area is 208 Å². The normalized spacial score (nSPS) is 14.7. The van der Waals surface area contributed by atoms with Crippen LogP contribution in [-0.2, 0) is 25.6 Å². The molecule has 0 aliphatic rings. The number of aromatic nitrogens is 1. The van der Waals surface area contributed by atoms with Gasteiger partial charge in [0.05, 0.1) is 12.6 Å². The summed E-state index contributed by atoms with van der Waals surface area (Å²) in [6.45, 7) is 2.87. The summed E-state index contributed by atoms with van der Waals surface area (Å²) in [4.78, 5) is 52.9. The fraction of sp³-hybridized carbons (Fsp3) is 0.478. The number of carbonyl (C=O) groups excluding carboxylic acids is 3. The number of thiol groups is 1. The smallest absolute Gasteiger partial charge is 0.328 e. The molecule has 1 aromatic carbocycles. The van der Waals surface area contributed by atoms with Crippen LogP contribution in [0, 0.1) is 5.92 Å². The average Bonchev–Trinajstić information content (AvgIpc) is 3.23. The van der Waals surface area contributed by atoms with Crippen molar-refractivity contribution in [1.82, 2.24) is 20.9 Å². The molecule has 8 N–H and O–H groups in total. The summed E-state index contributed by atoms with van der Waals surface area (Å²) in [6, 6.07) is 2.88. The fourth-order valence-electron chi connectivity index (χ4n) is 3.52. The minimum Gasteiger partial charge on any atom is -0.480 e. The first kappa shape index (κ1) is 28.1. The van der Waals surface area contributed by atoms with E-state index in [4.69, 9.17) is 10.8 Å². The summed E-state index contributed by atoms with van der Waals surface area (Å²) < 4.78 is 0. The lowest BCUT2D eigenvalue weighted by Gasteiger charge is -2.25. The Balaban J connectivity index is 2.28. The molecule has 0 fully saturated rings. The summed E-state index contributed by atoms with van der Waals surface area (Å²) in [5.74, 6) is -3.31. The molecule has 12 heteroatoms. The highest BCUT2D eigenvalue weighted by molar-refractivity contribution is 7.80. The number of fused-ring (bicyclic) bond motifs is 1. The molecule has 2 rings (SSSR count). The van der Waals surface area contributed by atoms with Crippen molar-refractivity contribution >= 4 is 47.2 Å². The Morgan fingerprint density at radius 2 is 1.60 bits per heavy atom. The summed E-state index contributed by atoms with van der Waals surface area (Å²) in [7, 11) is 0. The number of rotatable bonds is 13. The molecule has 192 valence electrons. The quantitative estimate of drug-likeness (QED) is 0.169. The number of hydrogen-bond donors (Lipinski definition) is 8. The second-order valence-corrected chi connectivity index (χ2v) is 9.05. The molecule has 1 aromatic heterocycles. The molecule has 4 unspecified atom stereocenters. The van der Waals surface area contributed by atoms with Crippen LogP contribution in [0.5, 0.6) is 0 Å². The number of hydrogen-bond acceptors (Lipinski definition) is 7. The van der Waals surface area contributed by atoms with Gasteiger partial charge in [0.2, 0.25) is 17.7 Å². The zero-order valence-electron chi connectivity index (χ0n) is 19.7. The number of H-pyrrole nitrogens is 1. The highest BCUT2D eigenvalue weighted by atomic mass is 32.1. The summed E-state index contributed by atoms with van der Waals surface area (Å²) >= 11 is 4.03. The molecule has 0 radical (unpaired) electrons. The van der Waals surface area contributed by atoms with Crippen LogP contribution in [0.1, 0.15) is 25.8 Å². The number of aliphatic carboxylic acids is 1. The van der Waals surface area contributed by atoms with Crippen molar-refractivity contribution < 1.29 is 29.4 Å². The molecule has 11 nitrogen and oxygen atoms in total. The molecule has 4 atom stereocenters. The van der Waals surface area contributed by atoms with Gasteiger partial charge >= 0.3 is 5.97 Å². The van der Waals surface area contributed by atoms with Gasteiger partial charge in [-0.05, 0) is 24.0 Å². The van der Waals surface area contributed by atoms with E-state index in [1.54, 1.807) is 6.20 Å². The second-order valence-electron chi connectivity index (χ2n) is 8.69. The molecule has 0 aliphatic heterocycles. The third kappa shape index (κ3) is 7.98. The number of nitrogens with two attached hydrogens (primary N) is 1. The molecule has 0 saturated heterocycles. The number of aromatic amines is 1. The number of nitrogens with one attached hydrogen (secondary N) is 4. The van der Waals surface area contributed by atoms with Gasteiger partial charge in [0.1, 0.15) is 18.1 Å². The zero-order chi connectivity index (χ0) is 26.1. The fourth-order valence-corrected chi connectivity index (χ4v) is 3.69. The van der Waals surface area contributed by atoms with E-state index in [0.717, 1.165) is 16.5 Å². The van der Waals surface area contributed by atoms with E-state index in [9.17, 15) is 24.3 Å². The first-order valence-corrected chi connectivity index (χ1v) is 11.9. The Kier molecular flexibility index (Phi) is 10.6. The topological polar surface area (TPSA) is 187 Å². The number of benzene rings is 1. The van der Waals surface area contributed by atoms with Crippen LogP contribution in [0.3, 0.4) is 0 Å². The average molecular weight is 508 g/mol. The van der Waals surface area contributed by atoms with E-state index in [1.165, 1.54) is 0 Å². The van der Waals surface area contributed by atoms with E-state index < -0.39 is 54.5 Å². The molecule has 3 amide bonds. The van der Waals surface area contributed by atoms with Gasteiger partial charge in [-0.25, -0.2) is 4.79 Å². The van der Waals surface area contributed by atoms with E-state index in [0.29, 0.717) is 0 Å². The number of para-hydroxylation sites is 1. The van der Waals surface area contributed by atoms with Crippen LogP contribution >= 0.6 is 12.6 Å². The number of carboxylic acid groups (broad SMARTS) is 1. The number of aliphatic hydroxyl groups is 1. The summed E-state index contributed by atoms with van der Waals surface area (Å²) in [5, 5.41) is 26.7. The standard InChI is InChI=1S/C23H33N5O6S/c1-12(2)7-17(21(31)28-19(10-29)23(33)34)27-22(32)18(26-20(30)15(24)11-35)8-13-9-25-16-6-4-3-5-14(13)16/h3-6,9,12,15,17-19,25,29,35H,7-8,10-11,24H2,1-2H3,(H,26,30)(H,27,32)(H,28,31)(H,33,34).